The summed E-state index contributed by atoms with van der Waals surface area (Å²) in [5.74, 6) is -0.0759. The van der Waals surface area contributed by atoms with Crippen LogP contribution in [0.1, 0.15) is 23.1 Å². The maximum Gasteiger partial charge on any atom is 0.319 e. The molecule has 8 nitrogen and oxygen atoms in total. The second-order valence-electron chi connectivity index (χ2n) is 7.26. The molecule has 9 heteroatoms. The molecule has 3 heterocycles. The summed E-state index contributed by atoms with van der Waals surface area (Å²) < 4.78 is 29.9. The molecule has 3 aromatic rings. The van der Waals surface area contributed by atoms with Gasteiger partial charge in [-0.05, 0) is 36.6 Å². The number of methoxy groups -OCH3 is 2. The molecular weight excluding hydrogens is 403 g/mol. The van der Waals surface area contributed by atoms with Crippen LogP contribution in [0.15, 0.2) is 30.5 Å². The van der Waals surface area contributed by atoms with Gasteiger partial charge in [-0.3, -0.25) is 9.78 Å². The number of carbonyl (C=O) groups is 1. The van der Waals surface area contributed by atoms with Crippen LogP contribution < -0.4 is 9.47 Å². The molecular formula is C22H23FN4O4. The van der Waals surface area contributed by atoms with E-state index < -0.39 is 0 Å². The molecule has 0 bridgehead atoms. The largest absolute Gasteiger partial charge is 0.481 e. The fourth-order valence-electron chi connectivity index (χ4n) is 3.63. The number of rotatable bonds is 5. The first kappa shape index (κ1) is 20.9. The lowest BCUT2D eigenvalue weighted by molar-refractivity contribution is -0.138. The molecule has 0 radical (unpaired) electrons. The van der Waals surface area contributed by atoms with Crippen LogP contribution in [0.5, 0.6) is 11.9 Å². The highest BCUT2D eigenvalue weighted by Gasteiger charge is 2.28. The zero-order valence-corrected chi connectivity index (χ0v) is 17.6. The Labute approximate surface area is 179 Å². The number of benzene rings is 1. The van der Waals surface area contributed by atoms with Crippen LogP contribution in [0, 0.1) is 12.7 Å². The second-order valence-corrected chi connectivity index (χ2v) is 7.26. The number of carbonyl (C=O) groups excluding carboxylic acids is 1. The topological polar surface area (TPSA) is 86.7 Å². The second kappa shape index (κ2) is 8.81. The zero-order chi connectivity index (χ0) is 22.0. The summed E-state index contributed by atoms with van der Waals surface area (Å²) in [6.07, 6.45) is 1.40. The van der Waals surface area contributed by atoms with E-state index in [2.05, 4.69) is 15.0 Å². The molecule has 2 aromatic heterocycles. The monoisotopic (exact) mass is 426 g/mol. The number of morpholine rings is 1. The Morgan fingerprint density at radius 2 is 2.06 bits per heavy atom. The Bertz CT molecular complexity index is 1120. The fourth-order valence-corrected chi connectivity index (χ4v) is 3.63. The molecule has 0 aliphatic carbocycles. The van der Waals surface area contributed by atoms with E-state index in [0.29, 0.717) is 42.5 Å². The molecule has 0 spiro atoms. The minimum absolute atomic E-state index is 0.0877. The highest BCUT2D eigenvalue weighted by Crippen LogP contribution is 2.26. The van der Waals surface area contributed by atoms with E-state index in [1.54, 1.807) is 24.1 Å². The van der Waals surface area contributed by atoms with Gasteiger partial charge in [0.05, 0.1) is 45.2 Å². The van der Waals surface area contributed by atoms with Crippen molar-refractivity contribution in [2.75, 3.05) is 33.9 Å². The lowest BCUT2D eigenvalue weighted by atomic mass is 10.1. The summed E-state index contributed by atoms with van der Waals surface area (Å²) in [5.41, 5.74) is 1.91. The van der Waals surface area contributed by atoms with Crippen LogP contribution in [-0.2, 0) is 16.0 Å². The van der Waals surface area contributed by atoms with Crippen molar-refractivity contribution in [3.05, 3.63) is 53.2 Å². The number of aryl methyl sites for hydroxylation is 1. The molecule has 1 aliphatic heterocycles. The predicted octanol–water partition coefficient (Wildman–Crippen LogP) is 2.63. The summed E-state index contributed by atoms with van der Waals surface area (Å²) in [6, 6.07) is 6.55. The fraction of sp³-hybridized carbons (Fsp3) is 0.364. The van der Waals surface area contributed by atoms with Crippen LogP contribution in [0.25, 0.3) is 10.8 Å². The molecule has 0 N–H and O–H groups in total. The number of amides is 1. The first-order valence-electron chi connectivity index (χ1n) is 9.88. The van der Waals surface area contributed by atoms with Gasteiger partial charge >= 0.3 is 6.01 Å². The van der Waals surface area contributed by atoms with Gasteiger partial charge in [0, 0.05) is 23.7 Å². The zero-order valence-electron chi connectivity index (χ0n) is 17.6. The molecule has 1 amide bonds. The summed E-state index contributed by atoms with van der Waals surface area (Å²) >= 11 is 0. The number of halogens is 1. The average molecular weight is 426 g/mol. The van der Waals surface area contributed by atoms with Crippen LogP contribution in [0.3, 0.4) is 0 Å². The van der Waals surface area contributed by atoms with E-state index in [1.807, 2.05) is 6.07 Å². The molecule has 1 saturated heterocycles. The van der Waals surface area contributed by atoms with Crippen molar-refractivity contribution in [2.45, 2.75) is 19.4 Å². The van der Waals surface area contributed by atoms with Gasteiger partial charge in [0.2, 0.25) is 11.8 Å². The first-order chi connectivity index (χ1) is 15.0. The van der Waals surface area contributed by atoms with Crippen LogP contribution in [0.4, 0.5) is 4.39 Å². The van der Waals surface area contributed by atoms with Gasteiger partial charge in [-0.1, -0.05) is 0 Å². The highest BCUT2D eigenvalue weighted by atomic mass is 19.1. The molecule has 31 heavy (non-hydrogen) atoms. The number of aromatic nitrogens is 3. The Morgan fingerprint density at radius 1 is 1.23 bits per heavy atom. The Kier molecular flexibility index (Phi) is 5.94. The van der Waals surface area contributed by atoms with Crippen molar-refractivity contribution < 1.29 is 23.4 Å². The van der Waals surface area contributed by atoms with Crippen molar-refractivity contribution >= 4 is 16.7 Å². The van der Waals surface area contributed by atoms with E-state index in [1.165, 1.54) is 26.4 Å². The molecule has 1 atom stereocenters. The molecule has 1 fully saturated rings. The average Bonchev–Trinajstić information content (AvgIpc) is 2.79. The van der Waals surface area contributed by atoms with E-state index in [0.717, 1.165) is 10.8 Å². The van der Waals surface area contributed by atoms with Crippen molar-refractivity contribution in [2.24, 2.45) is 0 Å². The van der Waals surface area contributed by atoms with Crippen molar-refractivity contribution in [3.8, 4) is 11.9 Å². The van der Waals surface area contributed by atoms with Crippen molar-refractivity contribution in [1.82, 2.24) is 19.9 Å². The number of nitrogens with zero attached hydrogens (tertiary/aromatic N) is 4. The minimum Gasteiger partial charge on any atom is -0.481 e. The number of hydrogen-bond donors (Lipinski definition) is 0. The van der Waals surface area contributed by atoms with Gasteiger partial charge in [0.15, 0.2) is 0 Å². The lowest BCUT2D eigenvalue weighted by Crippen LogP contribution is -2.43. The third-order valence-electron chi connectivity index (χ3n) is 5.31. The number of pyridine rings is 1. The minimum atomic E-state index is -0.388. The highest BCUT2D eigenvalue weighted by molar-refractivity contribution is 5.82. The quantitative estimate of drug-likeness (QED) is 0.620. The van der Waals surface area contributed by atoms with Gasteiger partial charge in [-0.25, -0.2) is 9.37 Å². The van der Waals surface area contributed by atoms with E-state index >= 15 is 0 Å². The SMILES string of the molecule is COc1nc(C)c(CC(=O)N2CCO[C@H](c3cc4cc(F)ccc4cn3)C2)c(OC)n1. The van der Waals surface area contributed by atoms with E-state index in [4.69, 9.17) is 14.2 Å². The number of fused-ring (bicyclic) bond motifs is 1. The third kappa shape index (κ3) is 4.41. The van der Waals surface area contributed by atoms with E-state index in [9.17, 15) is 9.18 Å². The predicted molar refractivity (Wildman–Crippen MR) is 111 cm³/mol. The lowest BCUT2D eigenvalue weighted by Gasteiger charge is -2.33. The first-order valence-corrected chi connectivity index (χ1v) is 9.88. The Morgan fingerprint density at radius 3 is 2.84 bits per heavy atom. The van der Waals surface area contributed by atoms with Crippen LogP contribution in [0.2, 0.25) is 0 Å². The Balaban J connectivity index is 1.52. The normalized spacial score (nSPS) is 16.4. The summed E-state index contributed by atoms with van der Waals surface area (Å²) in [7, 11) is 2.97. The van der Waals surface area contributed by atoms with Gasteiger partial charge in [0.1, 0.15) is 11.9 Å². The molecule has 162 valence electrons. The molecule has 1 aromatic carbocycles. The molecule has 1 aliphatic rings. The van der Waals surface area contributed by atoms with Gasteiger partial charge < -0.3 is 19.1 Å². The van der Waals surface area contributed by atoms with Crippen LogP contribution >= 0.6 is 0 Å². The summed E-state index contributed by atoms with van der Waals surface area (Å²) in [6.45, 7) is 2.99. The number of ether oxygens (including phenoxy) is 3. The standard InChI is InChI=1S/C22H23FN4O4/c1-13-17(21(29-2)26-22(25-13)30-3)10-20(28)27-6-7-31-19(12-27)18-9-15-8-16(23)5-4-14(15)11-24-18/h4-5,8-9,11,19H,6-7,10,12H2,1-3H3/t19-/m0/s1. The summed E-state index contributed by atoms with van der Waals surface area (Å²) in [5, 5.41) is 1.59. The van der Waals surface area contributed by atoms with Gasteiger partial charge in [0.25, 0.3) is 0 Å². The smallest absolute Gasteiger partial charge is 0.319 e. The van der Waals surface area contributed by atoms with Crippen molar-refractivity contribution in [3.63, 3.8) is 0 Å². The summed E-state index contributed by atoms with van der Waals surface area (Å²) in [4.78, 5) is 27.6. The van der Waals surface area contributed by atoms with Gasteiger partial charge in [-0.2, -0.15) is 4.98 Å². The third-order valence-corrected chi connectivity index (χ3v) is 5.31. The van der Waals surface area contributed by atoms with E-state index in [-0.39, 0.29) is 30.3 Å². The van der Waals surface area contributed by atoms with Crippen molar-refractivity contribution in [1.29, 1.82) is 0 Å². The molecule has 0 saturated carbocycles. The molecule has 4 rings (SSSR count). The maximum atomic E-state index is 13.6. The van der Waals surface area contributed by atoms with Gasteiger partial charge in [-0.15, -0.1) is 0 Å². The molecule has 0 unspecified atom stereocenters. The Hall–Kier alpha value is -3.33. The maximum absolute atomic E-state index is 13.6. The number of hydrogen-bond acceptors (Lipinski definition) is 7. The van der Waals surface area contributed by atoms with Crippen LogP contribution in [-0.4, -0.2) is 59.7 Å².